The molecule has 0 saturated carbocycles. The number of carbonyl (C=O) groups excluding carboxylic acids is 1. The van der Waals surface area contributed by atoms with Gasteiger partial charge in [-0.15, -0.1) is 0 Å². The van der Waals surface area contributed by atoms with E-state index >= 15 is 0 Å². The van der Waals surface area contributed by atoms with Gasteiger partial charge in [0, 0.05) is 26.9 Å². The van der Waals surface area contributed by atoms with E-state index in [-0.39, 0.29) is 5.91 Å². The molecule has 3 aromatic carbocycles. The van der Waals surface area contributed by atoms with Crippen molar-refractivity contribution >= 4 is 27.5 Å². The van der Waals surface area contributed by atoms with Crippen molar-refractivity contribution in [2.24, 2.45) is 0 Å². The van der Waals surface area contributed by atoms with E-state index in [1.807, 2.05) is 48.5 Å². The summed E-state index contributed by atoms with van der Waals surface area (Å²) in [4.78, 5) is 16.8. The van der Waals surface area contributed by atoms with E-state index in [2.05, 4.69) is 31.4 Å². The number of benzene rings is 3. The minimum atomic E-state index is -0.176. The first-order valence-corrected chi connectivity index (χ1v) is 9.57. The number of carbonyl (C=O) groups is 1. The molecule has 1 heterocycles. The van der Waals surface area contributed by atoms with Crippen molar-refractivity contribution in [3.8, 4) is 28.6 Å². The molecular formula is C22H16BrN3O3. The van der Waals surface area contributed by atoms with E-state index in [4.69, 9.17) is 9.26 Å². The zero-order valence-electron chi connectivity index (χ0n) is 15.4. The molecule has 1 aromatic heterocycles. The number of hydrogen-bond donors (Lipinski definition) is 1. The van der Waals surface area contributed by atoms with E-state index < -0.39 is 0 Å². The van der Waals surface area contributed by atoms with Crippen LogP contribution in [-0.2, 0) is 0 Å². The summed E-state index contributed by atoms with van der Waals surface area (Å²) >= 11 is 3.36. The van der Waals surface area contributed by atoms with Gasteiger partial charge in [-0.1, -0.05) is 21.1 Å². The molecule has 0 aliphatic rings. The molecule has 1 amide bonds. The largest absolute Gasteiger partial charge is 0.497 e. The molecule has 0 spiro atoms. The third-order valence-electron chi connectivity index (χ3n) is 4.27. The topological polar surface area (TPSA) is 77.3 Å². The predicted octanol–water partition coefficient (Wildman–Crippen LogP) is 5.43. The normalized spacial score (nSPS) is 10.6. The highest BCUT2D eigenvalue weighted by molar-refractivity contribution is 9.10. The Balaban J connectivity index is 1.47. The maximum absolute atomic E-state index is 12.3. The maximum Gasteiger partial charge on any atom is 0.258 e. The molecule has 7 heteroatoms. The zero-order chi connectivity index (χ0) is 20.2. The van der Waals surface area contributed by atoms with Crippen molar-refractivity contribution in [3.63, 3.8) is 0 Å². The van der Waals surface area contributed by atoms with Crippen LogP contribution in [-0.4, -0.2) is 23.2 Å². The van der Waals surface area contributed by atoms with Crippen LogP contribution < -0.4 is 10.1 Å². The Morgan fingerprint density at radius 2 is 1.59 bits per heavy atom. The lowest BCUT2D eigenvalue weighted by Crippen LogP contribution is -2.11. The van der Waals surface area contributed by atoms with E-state index in [0.29, 0.717) is 23.0 Å². The number of ether oxygens (including phenoxy) is 1. The number of amides is 1. The average Bonchev–Trinajstić information content (AvgIpc) is 3.25. The van der Waals surface area contributed by atoms with Crippen molar-refractivity contribution in [2.75, 3.05) is 12.4 Å². The summed E-state index contributed by atoms with van der Waals surface area (Å²) in [7, 11) is 1.62. The number of methoxy groups -OCH3 is 1. The van der Waals surface area contributed by atoms with Gasteiger partial charge in [-0.2, -0.15) is 4.98 Å². The fraction of sp³-hybridized carbons (Fsp3) is 0.0455. The molecule has 0 unspecified atom stereocenters. The molecule has 0 aliphatic heterocycles. The second kappa shape index (κ2) is 8.28. The summed E-state index contributed by atoms with van der Waals surface area (Å²) < 4.78 is 11.5. The van der Waals surface area contributed by atoms with Gasteiger partial charge in [-0.25, -0.2) is 0 Å². The highest BCUT2D eigenvalue weighted by Crippen LogP contribution is 2.25. The Morgan fingerprint density at radius 3 is 2.24 bits per heavy atom. The molecule has 0 fully saturated rings. The van der Waals surface area contributed by atoms with E-state index in [1.54, 1.807) is 31.4 Å². The van der Waals surface area contributed by atoms with Crippen molar-refractivity contribution < 1.29 is 14.1 Å². The molecule has 1 N–H and O–H groups in total. The molecule has 4 aromatic rings. The summed E-state index contributed by atoms with van der Waals surface area (Å²) in [5.41, 5.74) is 2.85. The van der Waals surface area contributed by atoms with Crippen molar-refractivity contribution in [3.05, 3.63) is 82.8 Å². The number of halogens is 1. The van der Waals surface area contributed by atoms with Crippen LogP contribution >= 0.6 is 15.9 Å². The lowest BCUT2D eigenvalue weighted by molar-refractivity contribution is 0.102. The summed E-state index contributed by atoms with van der Waals surface area (Å²) in [5, 5.41) is 6.90. The summed E-state index contributed by atoms with van der Waals surface area (Å²) in [6, 6.07) is 21.8. The third-order valence-corrected chi connectivity index (χ3v) is 4.80. The van der Waals surface area contributed by atoms with Gasteiger partial charge in [-0.3, -0.25) is 4.79 Å². The van der Waals surface area contributed by atoms with Crippen LogP contribution in [0.3, 0.4) is 0 Å². The Morgan fingerprint density at radius 1 is 0.931 bits per heavy atom. The minimum Gasteiger partial charge on any atom is -0.497 e. The van der Waals surface area contributed by atoms with Crippen LogP contribution in [0, 0.1) is 0 Å². The molecule has 0 atom stereocenters. The predicted molar refractivity (Wildman–Crippen MR) is 114 cm³/mol. The second-order valence-corrected chi connectivity index (χ2v) is 7.11. The standard InChI is InChI=1S/C22H16BrN3O3/c1-28-19-12-6-14(7-13-19)20-25-22(29-26-20)16-4-10-18(11-5-16)24-21(27)15-2-8-17(23)9-3-15/h2-13H,1H3,(H,24,27). The molecule has 29 heavy (non-hydrogen) atoms. The summed E-state index contributed by atoms with van der Waals surface area (Å²) in [6.45, 7) is 0. The van der Waals surface area contributed by atoms with Crippen LogP contribution in [0.15, 0.2) is 81.8 Å². The molecule has 0 bridgehead atoms. The Labute approximate surface area is 175 Å². The lowest BCUT2D eigenvalue weighted by Gasteiger charge is -2.05. The van der Waals surface area contributed by atoms with Gasteiger partial charge in [0.05, 0.1) is 7.11 Å². The second-order valence-electron chi connectivity index (χ2n) is 6.19. The Hall–Kier alpha value is -3.45. The monoisotopic (exact) mass is 449 g/mol. The molecule has 4 rings (SSSR count). The van der Waals surface area contributed by atoms with Gasteiger partial charge in [0.25, 0.3) is 11.8 Å². The van der Waals surface area contributed by atoms with Gasteiger partial charge in [0.2, 0.25) is 5.82 Å². The van der Waals surface area contributed by atoms with Gasteiger partial charge in [-0.05, 0) is 72.8 Å². The highest BCUT2D eigenvalue weighted by atomic mass is 79.9. The van der Waals surface area contributed by atoms with Crippen LogP contribution in [0.25, 0.3) is 22.8 Å². The first-order chi connectivity index (χ1) is 14.1. The van der Waals surface area contributed by atoms with E-state index in [0.717, 1.165) is 21.3 Å². The average molecular weight is 450 g/mol. The van der Waals surface area contributed by atoms with Crippen molar-refractivity contribution in [2.45, 2.75) is 0 Å². The van der Waals surface area contributed by atoms with Gasteiger partial charge >= 0.3 is 0 Å². The van der Waals surface area contributed by atoms with Crippen LogP contribution in [0.4, 0.5) is 5.69 Å². The minimum absolute atomic E-state index is 0.176. The summed E-state index contributed by atoms with van der Waals surface area (Å²) in [6.07, 6.45) is 0. The molecule has 0 aliphatic carbocycles. The smallest absolute Gasteiger partial charge is 0.258 e. The van der Waals surface area contributed by atoms with Crippen molar-refractivity contribution in [1.82, 2.24) is 10.1 Å². The fourth-order valence-electron chi connectivity index (χ4n) is 2.70. The van der Waals surface area contributed by atoms with E-state index in [9.17, 15) is 4.79 Å². The third kappa shape index (κ3) is 4.35. The van der Waals surface area contributed by atoms with Crippen LogP contribution in [0.2, 0.25) is 0 Å². The van der Waals surface area contributed by atoms with Gasteiger partial charge in [0.1, 0.15) is 5.75 Å². The quantitative estimate of drug-likeness (QED) is 0.439. The first kappa shape index (κ1) is 18.9. The number of hydrogen-bond acceptors (Lipinski definition) is 5. The number of anilines is 1. The van der Waals surface area contributed by atoms with E-state index in [1.165, 1.54) is 0 Å². The molecular weight excluding hydrogens is 434 g/mol. The maximum atomic E-state index is 12.3. The number of nitrogens with one attached hydrogen (secondary N) is 1. The number of aromatic nitrogens is 2. The molecule has 6 nitrogen and oxygen atoms in total. The molecule has 144 valence electrons. The van der Waals surface area contributed by atoms with Gasteiger partial charge in [0.15, 0.2) is 0 Å². The first-order valence-electron chi connectivity index (χ1n) is 8.78. The van der Waals surface area contributed by atoms with Crippen LogP contribution in [0.5, 0.6) is 5.75 Å². The number of rotatable bonds is 5. The van der Waals surface area contributed by atoms with Crippen LogP contribution in [0.1, 0.15) is 10.4 Å². The molecule has 0 saturated heterocycles. The highest BCUT2D eigenvalue weighted by Gasteiger charge is 2.11. The van der Waals surface area contributed by atoms with Crippen molar-refractivity contribution in [1.29, 1.82) is 0 Å². The fourth-order valence-corrected chi connectivity index (χ4v) is 2.96. The SMILES string of the molecule is COc1ccc(-c2noc(-c3ccc(NC(=O)c4ccc(Br)cc4)cc3)n2)cc1. The zero-order valence-corrected chi connectivity index (χ0v) is 17.0. The van der Waals surface area contributed by atoms with Gasteiger partial charge < -0.3 is 14.6 Å². The molecule has 0 radical (unpaired) electrons. The summed E-state index contributed by atoms with van der Waals surface area (Å²) in [5.74, 6) is 1.49. The lowest BCUT2D eigenvalue weighted by atomic mass is 10.1. The Kier molecular flexibility index (Phi) is 5.39. The Bertz CT molecular complexity index is 1120. The number of nitrogens with zero attached hydrogens (tertiary/aromatic N) is 2.